The largest absolute Gasteiger partial charge is 0.455 e. The van der Waals surface area contributed by atoms with Crippen LogP contribution in [0.25, 0.3) is 0 Å². The fourth-order valence-electron chi connectivity index (χ4n) is 3.77. The molecule has 0 radical (unpaired) electrons. The molecule has 0 unspecified atom stereocenters. The molecule has 0 aromatic heterocycles. The Kier molecular flexibility index (Phi) is 6.32. The van der Waals surface area contributed by atoms with E-state index in [0.29, 0.717) is 11.3 Å². The van der Waals surface area contributed by atoms with Crippen molar-refractivity contribution in [2.24, 2.45) is 0 Å². The predicted molar refractivity (Wildman–Crippen MR) is 111 cm³/mol. The van der Waals surface area contributed by atoms with Gasteiger partial charge in [-0.2, -0.15) is 0 Å². The number of ether oxygens (including phenoxy) is 1. The quantitative estimate of drug-likeness (QED) is 0.762. The van der Waals surface area contributed by atoms with Crippen LogP contribution in [-0.4, -0.2) is 43.4 Å². The average Bonchev–Trinajstić information content (AvgIpc) is 3.24. The highest BCUT2D eigenvalue weighted by Gasteiger charge is 2.44. The molecule has 6 heteroatoms. The number of hydrogen-bond acceptors (Lipinski definition) is 4. The molecule has 2 aromatic carbocycles. The molecule has 0 heterocycles. The molecule has 0 bridgehead atoms. The first-order valence-electron chi connectivity index (χ1n) is 9.77. The molecule has 2 amide bonds. The Bertz CT molecular complexity index is 870. The van der Waals surface area contributed by atoms with Crippen LogP contribution in [0.1, 0.15) is 41.6 Å². The Morgan fingerprint density at radius 2 is 1.59 bits per heavy atom. The second-order valence-corrected chi connectivity index (χ2v) is 7.56. The van der Waals surface area contributed by atoms with Crippen LogP contribution in [0, 0.1) is 0 Å². The fourth-order valence-corrected chi connectivity index (χ4v) is 3.77. The molecule has 1 aliphatic carbocycles. The SMILES string of the molecule is CN(C)C(=O)c1ccc(NC(=O)COC(=O)C2(c3ccccc3)CCCC2)cc1. The lowest BCUT2D eigenvalue weighted by Crippen LogP contribution is -2.36. The van der Waals surface area contributed by atoms with E-state index in [4.69, 9.17) is 4.74 Å². The second kappa shape index (κ2) is 8.90. The first kappa shape index (κ1) is 20.6. The summed E-state index contributed by atoms with van der Waals surface area (Å²) in [7, 11) is 3.36. The summed E-state index contributed by atoms with van der Waals surface area (Å²) < 4.78 is 5.40. The zero-order chi connectivity index (χ0) is 20.9. The highest BCUT2D eigenvalue weighted by Crippen LogP contribution is 2.42. The van der Waals surface area contributed by atoms with Crippen molar-refractivity contribution >= 4 is 23.5 Å². The summed E-state index contributed by atoms with van der Waals surface area (Å²) in [5.74, 6) is -0.867. The van der Waals surface area contributed by atoms with Gasteiger partial charge in [0.25, 0.3) is 11.8 Å². The maximum atomic E-state index is 12.9. The maximum absolute atomic E-state index is 12.9. The minimum Gasteiger partial charge on any atom is -0.455 e. The number of esters is 1. The molecule has 152 valence electrons. The monoisotopic (exact) mass is 394 g/mol. The van der Waals surface area contributed by atoms with Crippen molar-refractivity contribution in [3.8, 4) is 0 Å². The van der Waals surface area contributed by atoms with Crippen molar-refractivity contribution in [2.45, 2.75) is 31.1 Å². The number of carbonyl (C=O) groups excluding carboxylic acids is 3. The first-order chi connectivity index (χ1) is 13.9. The van der Waals surface area contributed by atoms with Crippen LogP contribution in [0.3, 0.4) is 0 Å². The number of amides is 2. The van der Waals surface area contributed by atoms with E-state index in [9.17, 15) is 14.4 Å². The molecule has 1 aliphatic rings. The van der Waals surface area contributed by atoms with E-state index in [2.05, 4.69) is 5.32 Å². The van der Waals surface area contributed by atoms with Crippen molar-refractivity contribution in [3.05, 3.63) is 65.7 Å². The molecule has 0 aliphatic heterocycles. The van der Waals surface area contributed by atoms with Crippen LogP contribution < -0.4 is 5.32 Å². The molecular weight excluding hydrogens is 368 g/mol. The minimum atomic E-state index is -0.657. The number of anilines is 1. The zero-order valence-electron chi connectivity index (χ0n) is 16.8. The molecule has 29 heavy (non-hydrogen) atoms. The Hall–Kier alpha value is -3.15. The van der Waals surface area contributed by atoms with Crippen molar-refractivity contribution in [2.75, 3.05) is 26.0 Å². The standard InChI is InChI=1S/C23H26N2O4/c1-25(2)21(27)17-10-12-19(13-11-17)24-20(26)16-29-22(28)23(14-6-7-15-23)18-8-4-3-5-9-18/h3-5,8-13H,6-7,14-16H2,1-2H3,(H,24,26). The summed E-state index contributed by atoms with van der Waals surface area (Å²) >= 11 is 0. The highest BCUT2D eigenvalue weighted by atomic mass is 16.5. The van der Waals surface area contributed by atoms with E-state index in [1.165, 1.54) is 4.90 Å². The number of nitrogens with one attached hydrogen (secondary N) is 1. The molecule has 0 atom stereocenters. The summed E-state index contributed by atoms with van der Waals surface area (Å²) in [6.45, 7) is -0.341. The third-order valence-electron chi connectivity index (χ3n) is 5.33. The van der Waals surface area contributed by atoms with Gasteiger partial charge in [0, 0.05) is 25.3 Å². The lowest BCUT2D eigenvalue weighted by atomic mass is 9.79. The average molecular weight is 394 g/mol. The molecule has 6 nitrogen and oxygen atoms in total. The van der Waals surface area contributed by atoms with Crippen LogP contribution in [0.15, 0.2) is 54.6 Å². The summed E-state index contributed by atoms with van der Waals surface area (Å²) in [5, 5.41) is 2.69. The van der Waals surface area contributed by atoms with E-state index in [0.717, 1.165) is 31.2 Å². The van der Waals surface area contributed by atoms with Crippen LogP contribution >= 0.6 is 0 Å². The number of carbonyl (C=O) groups is 3. The Balaban J connectivity index is 1.59. The van der Waals surface area contributed by atoms with Gasteiger partial charge in [0.2, 0.25) is 0 Å². The lowest BCUT2D eigenvalue weighted by molar-refractivity contribution is -0.153. The number of hydrogen-bond donors (Lipinski definition) is 1. The van der Waals surface area contributed by atoms with Crippen molar-refractivity contribution in [3.63, 3.8) is 0 Å². The Morgan fingerprint density at radius 3 is 2.17 bits per heavy atom. The van der Waals surface area contributed by atoms with Gasteiger partial charge in [0.1, 0.15) is 0 Å². The minimum absolute atomic E-state index is 0.111. The van der Waals surface area contributed by atoms with Crippen LogP contribution in [0.4, 0.5) is 5.69 Å². The summed E-state index contributed by atoms with van der Waals surface area (Å²) in [5.41, 5.74) is 1.37. The van der Waals surface area contributed by atoms with E-state index >= 15 is 0 Å². The van der Waals surface area contributed by atoms with Crippen LogP contribution in [0.5, 0.6) is 0 Å². The second-order valence-electron chi connectivity index (χ2n) is 7.56. The van der Waals surface area contributed by atoms with E-state index in [1.807, 2.05) is 30.3 Å². The van der Waals surface area contributed by atoms with Gasteiger partial charge in [-0.1, -0.05) is 43.2 Å². The molecule has 2 aromatic rings. The summed E-state index contributed by atoms with van der Waals surface area (Å²) in [6, 6.07) is 16.2. The molecular formula is C23H26N2O4. The third-order valence-corrected chi connectivity index (χ3v) is 5.33. The van der Waals surface area contributed by atoms with E-state index in [1.54, 1.807) is 38.4 Å². The predicted octanol–water partition coefficient (Wildman–Crippen LogP) is 3.38. The van der Waals surface area contributed by atoms with Crippen molar-refractivity contribution < 1.29 is 19.1 Å². The fraction of sp³-hybridized carbons (Fsp3) is 0.348. The number of benzene rings is 2. The smallest absolute Gasteiger partial charge is 0.317 e. The normalized spacial score (nSPS) is 14.8. The van der Waals surface area contributed by atoms with Gasteiger partial charge in [-0.3, -0.25) is 14.4 Å². The molecule has 1 fully saturated rings. The van der Waals surface area contributed by atoms with Crippen LogP contribution in [-0.2, 0) is 19.7 Å². The van der Waals surface area contributed by atoms with Gasteiger partial charge >= 0.3 is 5.97 Å². The Labute approximate surface area is 170 Å². The molecule has 0 saturated heterocycles. The van der Waals surface area contributed by atoms with Gasteiger partial charge in [-0.25, -0.2) is 0 Å². The molecule has 1 N–H and O–H groups in total. The summed E-state index contributed by atoms with van der Waals surface area (Å²) in [6.07, 6.45) is 3.40. The van der Waals surface area contributed by atoms with Crippen molar-refractivity contribution in [1.29, 1.82) is 0 Å². The van der Waals surface area contributed by atoms with Gasteiger partial charge in [-0.15, -0.1) is 0 Å². The van der Waals surface area contributed by atoms with Gasteiger partial charge < -0.3 is 15.0 Å². The van der Waals surface area contributed by atoms with Gasteiger partial charge in [-0.05, 0) is 42.7 Å². The Morgan fingerprint density at radius 1 is 0.966 bits per heavy atom. The van der Waals surface area contributed by atoms with Gasteiger partial charge in [0.05, 0.1) is 5.41 Å². The van der Waals surface area contributed by atoms with Crippen LogP contribution in [0.2, 0.25) is 0 Å². The topological polar surface area (TPSA) is 75.7 Å². The maximum Gasteiger partial charge on any atom is 0.317 e. The van der Waals surface area contributed by atoms with E-state index < -0.39 is 11.3 Å². The molecule has 0 spiro atoms. The van der Waals surface area contributed by atoms with E-state index in [-0.39, 0.29) is 18.5 Å². The number of rotatable bonds is 6. The lowest BCUT2D eigenvalue weighted by Gasteiger charge is -2.27. The molecule has 1 saturated carbocycles. The number of nitrogens with zero attached hydrogens (tertiary/aromatic N) is 1. The zero-order valence-corrected chi connectivity index (χ0v) is 16.8. The summed E-state index contributed by atoms with van der Waals surface area (Å²) in [4.78, 5) is 38.5. The third kappa shape index (κ3) is 4.65. The highest BCUT2D eigenvalue weighted by molar-refractivity contribution is 5.96. The first-order valence-corrected chi connectivity index (χ1v) is 9.77. The van der Waals surface area contributed by atoms with Crippen molar-refractivity contribution in [1.82, 2.24) is 4.90 Å². The van der Waals surface area contributed by atoms with Gasteiger partial charge in [0.15, 0.2) is 6.61 Å². The molecule has 3 rings (SSSR count).